The number of carbonyl (C=O) groups excluding carboxylic acids is 3. The number of nitrogens with one attached hydrogen (secondary N) is 4. The number of urea groups is 2. The lowest BCUT2D eigenvalue weighted by molar-refractivity contribution is -0.147. The van der Waals surface area contributed by atoms with E-state index >= 15 is 0 Å². The second-order valence-corrected chi connectivity index (χ2v) is 17.5. The number of carbonyl (C=O) groups is 4. The van der Waals surface area contributed by atoms with Crippen LogP contribution >= 0.6 is 0 Å². The van der Waals surface area contributed by atoms with Crippen LogP contribution in [0.15, 0.2) is 85.2 Å². The molecule has 0 radical (unpaired) electrons. The molecule has 2 aromatic carbocycles. The number of rotatable bonds is 16. The van der Waals surface area contributed by atoms with Gasteiger partial charge < -0.3 is 60.4 Å². The van der Waals surface area contributed by atoms with E-state index in [9.17, 15) is 19.2 Å². The number of anilines is 4. The van der Waals surface area contributed by atoms with Gasteiger partial charge in [-0.1, -0.05) is 48.5 Å². The monoisotopic (exact) mass is 1020 g/mol. The van der Waals surface area contributed by atoms with Crippen molar-refractivity contribution in [1.29, 1.82) is 0 Å². The molecule has 6 aromatic rings. The number of aliphatic hydroxyl groups excluding tert-OH is 1. The molecule has 0 saturated carbocycles. The molecule has 2 aliphatic heterocycles. The lowest BCUT2D eigenvalue weighted by atomic mass is 10.2. The number of carboxylic acids is 1. The molecular formula is C52H73N13O9. The van der Waals surface area contributed by atoms with E-state index in [0.717, 1.165) is 60.0 Å². The van der Waals surface area contributed by atoms with E-state index < -0.39 is 5.97 Å². The number of carboxylic acid groups (broad SMARTS) is 1. The number of hydrogen-bond donors (Lipinski definition) is 6. The van der Waals surface area contributed by atoms with Crippen molar-refractivity contribution in [3.8, 4) is 22.8 Å². The number of aliphatic carboxylic acids is 1. The molecular weight excluding hydrogens is 951 g/mol. The van der Waals surface area contributed by atoms with Gasteiger partial charge in [0.2, 0.25) is 0 Å². The third-order valence-corrected chi connectivity index (χ3v) is 11.5. The van der Waals surface area contributed by atoms with Crippen molar-refractivity contribution in [2.45, 2.75) is 48.5 Å². The lowest BCUT2D eigenvalue weighted by Gasteiger charge is -2.28. The molecule has 2 saturated heterocycles. The Balaban J connectivity index is 0.000000223. The predicted octanol–water partition coefficient (Wildman–Crippen LogP) is 5.98. The molecule has 2 aliphatic rings. The Morgan fingerprint density at radius 1 is 0.635 bits per heavy atom. The van der Waals surface area contributed by atoms with Crippen LogP contribution < -0.4 is 31.1 Å². The van der Waals surface area contributed by atoms with Crippen LogP contribution in [0.3, 0.4) is 0 Å². The summed E-state index contributed by atoms with van der Waals surface area (Å²) in [5.41, 5.74) is 4.89. The van der Waals surface area contributed by atoms with Crippen molar-refractivity contribution in [3.63, 3.8) is 0 Å². The Morgan fingerprint density at radius 3 is 1.39 bits per heavy atom. The average molecular weight is 1020 g/mol. The summed E-state index contributed by atoms with van der Waals surface area (Å²) in [7, 11) is 0. The highest BCUT2D eigenvalue weighted by molar-refractivity contribution is 5.90. The number of morpholine rings is 2. The van der Waals surface area contributed by atoms with E-state index in [0.29, 0.717) is 49.5 Å². The summed E-state index contributed by atoms with van der Waals surface area (Å²) in [4.78, 5) is 61.3. The zero-order valence-electron chi connectivity index (χ0n) is 43.6. The van der Waals surface area contributed by atoms with Gasteiger partial charge in [0, 0.05) is 67.6 Å². The molecule has 0 aliphatic carbocycles. The maximum atomic E-state index is 12.1. The molecule has 400 valence electrons. The molecule has 22 nitrogen and oxygen atoms in total. The predicted molar refractivity (Wildman–Crippen MR) is 286 cm³/mol. The summed E-state index contributed by atoms with van der Waals surface area (Å²) in [5.74, 6) is 1.54. The second-order valence-electron chi connectivity index (χ2n) is 17.5. The van der Waals surface area contributed by atoms with Crippen LogP contribution in [0.1, 0.15) is 48.5 Å². The Kier molecular flexibility index (Phi) is 23.3. The number of aromatic nitrogens is 6. The van der Waals surface area contributed by atoms with Gasteiger partial charge in [-0.15, -0.1) is 10.2 Å². The number of amides is 4. The van der Waals surface area contributed by atoms with Crippen molar-refractivity contribution < 1.29 is 43.6 Å². The number of aliphatic hydroxyl groups is 1. The largest absolute Gasteiger partial charge is 0.481 e. The van der Waals surface area contributed by atoms with Gasteiger partial charge in [0.25, 0.3) is 0 Å². The summed E-state index contributed by atoms with van der Waals surface area (Å²) in [6.07, 6.45) is 3.81. The van der Waals surface area contributed by atoms with Gasteiger partial charge in [-0.2, -0.15) is 0 Å². The highest BCUT2D eigenvalue weighted by Crippen LogP contribution is 2.27. The first kappa shape index (κ1) is 57.5. The third kappa shape index (κ3) is 17.7. The smallest absolute Gasteiger partial charge is 0.319 e. The minimum absolute atomic E-state index is 0.100. The van der Waals surface area contributed by atoms with E-state index in [1.807, 2.05) is 70.0 Å². The summed E-state index contributed by atoms with van der Waals surface area (Å²) in [6, 6.07) is 21.9. The number of esters is 1. The fourth-order valence-electron chi connectivity index (χ4n) is 7.18. The van der Waals surface area contributed by atoms with Crippen molar-refractivity contribution in [1.82, 2.24) is 44.7 Å². The summed E-state index contributed by atoms with van der Waals surface area (Å²) < 4.78 is 19.6. The second kappa shape index (κ2) is 30.0. The van der Waals surface area contributed by atoms with Gasteiger partial charge in [0.1, 0.15) is 17.6 Å². The van der Waals surface area contributed by atoms with Gasteiger partial charge in [-0.25, -0.2) is 28.6 Å². The summed E-state index contributed by atoms with van der Waals surface area (Å²) >= 11 is 0. The minimum atomic E-state index is -0.741. The van der Waals surface area contributed by atoms with E-state index in [4.69, 9.17) is 34.4 Å². The molecule has 6 N–H and O–H groups in total. The van der Waals surface area contributed by atoms with E-state index in [1.165, 1.54) is 19.6 Å². The maximum Gasteiger partial charge on any atom is 0.319 e. The summed E-state index contributed by atoms with van der Waals surface area (Å²) in [5, 5.41) is 36.7. The first-order valence-corrected chi connectivity index (χ1v) is 25.1. The van der Waals surface area contributed by atoms with Gasteiger partial charge in [-0.05, 0) is 92.4 Å². The molecule has 4 aromatic heterocycles. The fraction of sp³-hybridized carbons (Fsp3) is 0.462. The number of fused-ring (bicyclic) bond motifs is 2. The first-order chi connectivity index (χ1) is 35.7. The van der Waals surface area contributed by atoms with Crippen molar-refractivity contribution in [3.05, 3.63) is 85.2 Å². The SMILES string of the molecule is CC(C)C(=O)O.CC(C)C(=O)OCCNC(=O)Nc1ccc(-c2nc(N3CCOCC3)c3cccn3n2)cc1.CCN(CC)CC.O=C(NCCO)Nc1ccc(-c2nc(N3CCOCC3)c3cccn3n2)cc1. The van der Waals surface area contributed by atoms with Crippen LogP contribution in [-0.2, 0) is 23.8 Å². The van der Waals surface area contributed by atoms with E-state index in [-0.39, 0.29) is 56.2 Å². The Labute approximate surface area is 432 Å². The van der Waals surface area contributed by atoms with Gasteiger partial charge in [-0.3, -0.25) is 9.59 Å². The number of ether oxygens (including phenoxy) is 3. The maximum absolute atomic E-state index is 12.1. The molecule has 0 atom stereocenters. The zero-order chi connectivity index (χ0) is 53.4. The van der Waals surface area contributed by atoms with Crippen LogP contribution in [0.5, 0.6) is 0 Å². The van der Waals surface area contributed by atoms with Gasteiger partial charge in [0.15, 0.2) is 23.3 Å². The summed E-state index contributed by atoms with van der Waals surface area (Å²) in [6.45, 7) is 23.3. The molecule has 22 heteroatoms. The topological polar surface area (TPSA) is 255 Å². The molecule has 0 bridgehead atoms. The van der Waals surface area contributed by atoms with Crippen LogP contribution in [0.25, 0.3) is 33.8 Å². The van der Waals surface area contributed by atoms with Crippen molar-refractivity contribution >= 4 is 58.0 Å². The lowest BCUT2D eigenvalue weighted by Crippen LogP contribution is -2.37. The van der Waals surface area contributed by atoms with Crippen molar-refractivity contribution in [2.24, 2.45) is 11.8 Å². The first-order valence-electron chi connectivity index (χ1n) is 25.1. The van der Waals surface area contributed by atoms with Crippen molar-refractivity contribution in [2.75, 3.05) is 119 Å². The molecule has 8 rings (SSSR count). The quantitative estimate of drug-likeness (QED) is 0.0482. The van der Waals surface area contributed by atoms with Crippen LogP contribution in [0.4, 0.5) is 32.6 Å². The van der Waals surface area contributed by atoms with E-state index in [1.54, 1.807) is 52.0 Å². The molecule has 6 heterocycles. The van der Waals surface area contributed by atoms with Crippen LogP contribution in [0, 0.1) is 11.8 Å². The zero-order valence-corrected chi connectivity index (χ0v) is 43.6. The molecule has 2 fully saturated rings. The third-order valence-electron chi connectivity index (χ3n) is 11.5. The normalized spacial score (nSPS) is 13.3. The Hall–Kier alpha value is -7.40. The average Bonchev–Trinajstić information content (AvgIpc) is 4.11. The molecule has 0 unspecified atom stereocenters. The fourth-order valence-corrected chi connectivity index (χ4v) is 7.18. The Morgan fingerprint density at radius 2 is 1.04 bits per heavy atom. The van der Waals surface area contributed by atoms with E-state index in [2.05, 4.69) is 66.9 Å². The van der Waals surface area contributed by atoms with Crippen LogP contribution in [-0.4, -0.2) is 167 Å². The van der Waals surface area contributed by atoms with Gasteiger partial charge >= 0.3 is 24.0 Å². The number of nitrogens with zero attached hydrogens (tertiary/aromatic N) is 9. The minimum Gasteiger partial charge on any atom is -0.481 e. The molecule has 0 spiro atoms. The van der Waals surface area contributed by atoms with Crippen LogP contribution in [0.2, 0.25) is 0 Å². The Bertz CT molecular complexity index is 2660. The van der Waals surface area contributed by atoms with Gasteiger partial charge in [0.05, 0.1) is 51.4 Å². The number of hydrogen-bond acceptors (Lipinski definition) is 15. The number of benzene rings is 2. The standard InChI is InChI=1S/C23H28N6O4.C19H22N6O3.C6H15N.C4H8O2/c1-16(2)22(30)33-13-9-24-23(31)25-18-7-5-17(6-8-18)20-26-21(28-11-14-32-15-12-28)19-4-3-10-29(19)27-20;26-11-7-20-19(27)21-15-5-3-14(4-6-15)17-22-18(24-9-12-28-13-10-24)16-2-1-8-25(16)23-17;1-4-7(5-2)6-3;1-3(2)4(5)6/h3-8,10,16H,9,11-15H2,1-2H3,(H2,24,25,31);1-6,8,26H,7,9-13H2,(H2,20,21,27);4-6H2,1-3H3;3H,1-2H3,(H,5,6). The molecule has 4 amide bonds. The molecule has 74 heavy (non-hydrogen) atoms. The highest BCUT2D eigenvalue weighted by atomic mass is 16.5. The highest BCUT2D eigenvalue weighted by Gasteiger charge is 2.20.